The molecule has 1 aliphatic heterocycles. The van der Waals surface area contributed by atoms with E-state index in [0.29, 0.717) is 0 Å². The summed E-state index contributed by atoms with van der Waals surface area (Å²) in [5.41, 5.74) is 0. The highest BCUT2D eigenvalue weighted by Gasteiger charge is 2.07. The number of piperidine rings is 1. The maximum Gasteiger partial charge on any atom is 0.432 e. The average molecular weight is 210 g/mol. The highest BCUT2D eigenvalue weighted by atomic mass is 35.5. The topological polar surface area (TPSA) is 43.7 Å². The molecule has 80 valence electrons. The minimum Gasteiger partial charge on any atom is -0.430 e. The van der Waals surface area contributed by atoms with Crippen LogP contribution in [0.25, 0.3) is 0 Å². The molecule has 0 aromatic heterocycles. The van der Waals surface area contributed by atoms with Crippen LogP contribution in [-0.2, 0) is 0 Å². The van der Waals surface area contributed by atoms with Gasteiger partial charge in [0.2, 0.25) is 0 Å². The quantitative estimate of drug-likeness (QED) is 0.653. The molecule has 0 aromatic carbocycles. The number of nitrogens with zero attached hydrogens (tertiary/aromatic N) is 1. The van der Waals surface area contributed by atoms with Crippen LogP contribution in [-0.4, -0.2) is 42.3 Å². The van der Waals surface area contributed by atoms with Crippen molar-refractivity contribution in [3.63, 3.8) is 0 Å². The van der Waals surface area contributed by atoms with Crippen molar-refractivity contribution in [2.24, 2.45) is 0 Å². The van der Waals surface area contributed by atoms with E-state index in [1.165, 1.54) is 45.3 Å². The predicted octanol–water partition coefficient (Wildman–Crippen LogP) is 0.542. The molecule has 1 heterocycles. The van der Waals surface area contributed by atoms with Crippen LogP contribution in [0.15, 0.2) is 0 Å². The molecular formula is C8H21BClNO2. The molecule has 0 aromatic rings. The Bertz CT molecular complexity index is 89.5. The van der Waals surface area contributed by atoms with Gasteiger partial charge in [0.05, 0.1) is 0 Å². The molecule has 0 spiro atoms. The fourth-order valence-electron chi connectivity index (χ4n) is 1.50. The number of halogens is 1. The van der Waals surface area contributed by atoms with E-state index in [-0.39, 0.29) is 12.4 Å². The van der Waals surface area contributed by atoms with Gasteiger partial charge in [0.15, 0.2) is 0 Å². The molecule has 0 saturated carbocycles. The zero-order chi connectivity index (χ0) is 9.23. The second-order valence-electron chi connectivity index (χ2n) is 3.04. The van der Waals surface area contributed by atoms with Gasteiger partial charge in [0.25, 0.3) is 0 Å². The number of likely N-dealkylation sites (tertiary alicyclic amines) is 1. The molecule has 2 N–H and O–H groups in total. The minimum atomic E-state index is -0.750. The van der Waals surface area contributed by atoms with Crippen molar-refractivity contribution < 1.29 is 10.0 Å². The molecule has 3 nitrogen and oxygen atoms in total. The average Bonchev–Trinajstić information content (AvgIpc) is 2.08. The number of rotatable bonds is 2. The molecule has 0 unspecified atom stereocenters. The lowest BCUT2D eigenvalue weighted by Gasteiger charge is -2.25. The van der Waals surface area contributed by atoms with Crippen LogP contribution in [0.3, 0.4) is 0 Å². The lowest BCUT2D eigenvalue weighted by atomic mass is 10.1. The van der Waals surface area contributed by atoms with Crippen molar-refractivity contribution in [1.29, 1.82) is 0 Å². The third kappa shape index (κ3) is 10.2. The molecule has 1 rings (SSSR count). The summed E-state index contributed by atoms with van der Waals surface area (Å²) in [5.74, 6) is 0. The minimum absolute atomic E-state index is 0. The smallest absolute Gasteiger partial charge is 0.430 e. The Balaban J connectivity index is 0. The van der Waals surface area contributed by atoms with Crippen molar-refractivity contribution in [1.82, 2.24) is 4.90 Å². The Kier molecular flexibility index (Phi) is 14.8. The van der Waals surface area contributed by atoms with Crippen molar-refractivity contribution >= 4 is 20.1 Å². The molecule has 13 heavy (non-hydrogen) atoms. The van der Waals surface area contributed by atoms with Crippen LogP contribution in [0, 0.1) is 0 Å². The third-order valence-corrected chi connectivity index (χ3v) is 1.99. The van der Waals surface area contributed by atoms with Gasteiger partial charge >= 0.3 is 7.69 Å². The number of hydrogen-bond donors (Lipinski definition) is 2. The van der Waals surface area contributed by atoms with Crippen molar-refractivity contribution in [2.75, 3.05) is 19.6 Å². The summed E-state index contributed by atoms with van der Waals surface area (Å²) in [4.78, 5) is 2.57. The summed E-state index contributed by atoms with van der Waals surface area (Å²) in [5, 5.41) is 14.2. The molecule has 0 amide bonds. The van der Waals surface area contributed by atoms with Crippen LogP contribution in [0.4, 0.5) is 0 Å². The van der Waals surface area contributed by atoms with Gasteiger partial charge in [-0.2, -0.15) is 0 Å². The van der Waals surface area contributed by atoms with Gasteiger partial charge in [-0.1, -0.05) is 13.3 Å². The second kappa shape index (κ2) is 12.2. The van der Waals surface area contributed by atoms with E-state index in [2.05, 4.69) is 11.8 Å². The maximum absolute atomic E-state index is 7.12. The molecule has 5 heteroatoms. The van der Waals surface area contributed by atoms with Crippen molar-refractivity contribution in [3.8, 4) is 0 Å². The Morgan fingerprint density at radius 1 is 1.15 bits per heavy atom. The van der Waals surface area contributed by atoms with Gasteiger partial charge in [-0.3, -0.25) is 0 Å². The Labute approximate surface area is 87.9 Å². The van der Waals surface area contributed by atoms with E-state index >= 15 is 0 Å². The SMILES string of the molecule is CCCN1CCCCC1.Cl.OBO. The van der Waals surface area contributed by atoms with Crippen LogP contribution < -0.4 is 0 Å². The zero-order valence-corrected chi connectivity index (χ0v) is 9.22. The van der Waals surface area contributed by atoms with E-state index in [9.17, 15) is 0 Å². The molecule has 1 aliphatic rings. The summed E-state index contributed by atoms with van der Waals surface area (Å²) in [6.07, 6.45) is 5.64. The molecule has 0 atom stereocenters. The molecule has 0 radical (unpaired) electrons. The van der Waals surface area contributed by atoms with E-state index < -0.39 is 7.69 Å². The van der Waals surface area contributed by atoms with Crippen molar-refractivity contribution in [2.45, 2.75) is 32.6 Å². The monoisotopic (exact) mass is 209 g/mol. The molecule has 0 bridgehead atoms. The normalized spacial score (nSPS) is 16.5. The van der Waals surface area contributed by atoms with Crippen LogP contribution in [0.1, 0.15) is 32.6 Å². The molecular weight excluding hydrogens is 188 g/mol. The first kappa shape index (κ1) is 15.7. The fourth-order valence-corrected chi connectivity index (χ4v) is 1.50. The first-order valence-corrected chi connectivity index (χ1v) is 4.79. The second-order valence-corrected chi connectivity index (χ2v) is 3.04. The summed E-state index contributed by atoms with van der Waals surface area (Å²) >= 11 is 0. The highest BCUT2D eigenvalue weighted by Crippen LogP contribution is 2.07. The van der Waals surface area contributed by atoms with Gasteiger partial charge in [0, 0.05) is 0 Å². The Morgan fingerprint density at radius 3 is 2.00 bits per heavy atom. The zero-order valence-electron chi connectivity index (χ0n) is 8.41. The fraction of sp³-hybridized carbons (Fsp3) is 1.00. The van der Waals surface area contributed by atoms with Gasteiger partial charge in [-0.25, -0.2) is 0 Å². The predicted molar refractivity (Wildman–Crippen MR) is 59.4 cm³/mol. The van der Waals surface area contributed by atoms with Gasteiger partial charge in [-0.15, -0.1) is 12.4 Å². The van der Waals surface area contributed by atoms with Gasteiger partial charge in [-0.05, 0) is 38.9 Å². The first-order chi connectivity index (χ1) is 5.85. The van der Waals surface area contributed by atoms with Gasteiger partial charge < -0.3 is 14.9 Å². The molecule has 1 saturated heterocycles. The Morgan fingerprint density at radius 2 is 1.62 bits per heavy atom. The summed E-state index contributed by atoms with van der Waals surface area (Å²) < 4.78 is 0. The van der Waals surface area contributed by atoms with Crippen molar-refractivity contribution in [3.05, 3.63) is 0 Å². The standard InChI is InChI=1S/C8H17N.BH3O2.ClH/c1-2-6-9-7-4-3-5-8-9;2-1-3;/h2-8H2,1H3;1-3H;1H. The molecule has 1 fully saturated rings. The van der Waals surface area contributed by atoms with Crippen LogP contribution in [0.5, 0.6) is 0 Å². The van der Waals surface area contributed by atoms with E-state index in [4.69, 9.17) is 10.0 Å². The summed E-state index contributed by atoms with van der Waals surface area (Å²) in [6, 6.07) is 0. The Hall–Kier alpha value is 0.235. The van der Waals surface area contributed by atoms with E-state index in [1.807, 2.05) is 0 Å². The molecule has 0 aliphatic carbocycles. The first-order valence-electron chi connectivity index (χ1n) is 4.79. The number of hydrogen-bond acceptors (Lipinski definition) is 3. The van der Waals surface area contributed by atoms with E-state index in [0.717, 1.165) is 0 Å². The van der Waals surface area contributed by atoms with Crippen LogP contribution >= 0.6 is 12.4 Å². The van der Waals surface area contributed by atoms with E-state index in [1.54, 1.807) is 0 Å². The largest absolute Gasteiger partial charge is 0.432 e. The summed E-state index contributed by atoms with van der Waals surface area (Å²) in [7, 11) is -0.750. The summed E-state index contributed by atoms with van der Waals surface area (Å²) in [6.45, 7) is 6.29. The lowest BCUT2D eigenvalue weighted by Crippen LogP contribution is -2.30. The lowest BCUT2D eigenvalue weighted by molar-refractivity contribution is 0.229. The third-order valence-electron chi connectivity index (χ3n) is 1.99. The maximum atomic E-state index is 7.12. The van der Waals surface area contributed by atoms with Gasteiger partial charge in [0.1, 0.15) is 0 Å². The highest BCUT2D eigenvalue weighted by molar-refractivity contribution is 6.13. The van der Waals surface area contributed by atoms with Crippen LogP contribution in [0.2, 0.25) is 0 Å².